The molecule has 0 aliphatic heterocycles. The molecule has 0 spiro atoms. The smallest absolute Gasteiger partial charge is 0.0292 e. The molecule has 0 bridgehead atoms. The Hall–Kier alpha value is 0.210. The van der Waals surface area contributed by atoms with E-state index in [9.17, 15) is 0 Å². The molecule has 9 heavy (non-hydrogen) atoms. The molecule has 0 aromatic carbocycles. The second-order valence-electron chi connectivity index (χ2n) is 2.26. The van der Waals surface area contributed by atoms with Crippen molar-refractivity contribution >= 4 is 22.6 Å². The Kier molecular flexibility index (Phi) is 3.33. The van der Waals surface area contributed by atoms with Gasteiger partial charge in [0.2, 0.25) is 0 Å². The third kappa shape index (κ3) is 3.04. The van der Waals surface area contributed by atoms with Crippen molar-refractivity contribution in [3.63, 3.8) is 0 Å². The molecule has 1 rings (SSSR count). The molecule has 0 N–H and O–H groups in total. The van der Waals surface area contributed by atoms with Crippen molar-refractivity contribution in [2.24, 2.45) is 0 Å². The molecule has 0 saturated heterocycles. The normalized spacial score (nSPS) is 34.6. The summed E-state index contributed by atoms with van der Waals surface area (Å²) in [6.45, 7) is 0. The lowest BCUT2D eigenvalue weighted by atomic mass is 10.1. The Morgan fingerprint density at radius 2 is 2.22 bits per heavy atom. The second-order valence-corrected chi connectivity index (χ2v) is 3.86. The maximum atomic E-state index is 2.48. The Labute approximate surface area is 70.2 Å². The number of hydrogen-bond acceptors (Lipinski definition) is 0. The summed E-state index contributed by atoms with van der Waals surface area (Å²) in [7, 11) is 0. The molecule has 50 valence electrons. The van der Waals surface area contributed by atoms with Gasteiger partial charge >= 0.3 is 0 Å². The zero-order valence-corrected chi connectivity index (χ0v) is 7.54. The van der Waals surface area contributed by atoms with E-state index in [1.165, 1.54) is 19.3 Å². The van der Waals surface area contributed by atoms with Gasteiger partial charge in [0.25, 0.3) is 0 Å². The van der Waals surface area contributed by atoms with E-state index in [4.69, 9.17) is 0 Å². The van der Waals surface area contributed by atoms with Gasteiger partial charge in [-0.25, -0.2) is 0 Å². The molecule has 1 heteroatoms. The summed E-state index contributed by atoms with van der Waals surface area (Å²) in [6.07, 6.45) is 12.7. The second kappa shape index (κ2) is 4.09. The van der Waals surface area contributed by atoms with Crippen molar-refractivity contribution < 1.29 is 0 Å². The van der Waals surface area contributed by atoms with Crippen molar-refractivity contribution in [2.75, 3.05) is 0 Å². The summed E-state index contributed by atoms with van der Waals surface area (Å²) in [5, 5.41) is 0. The Bertz CT molecular complexity index is 125. The highest BCUT2D eigenvalue weighted by molar-refractivity contribution is 14.1. The van der Waals surface area contributed by atoms with Crippen LogP contribution in [0.5, 0.6) is 0 Å². The zero-order chi connectivity index (χ0) is 6.53. The van der Waals surface area contributed by atoms with E-state index < -0.39 is 0 Å². The number of hydrogen-bond donors (Lipinski definition) is 0. The SMILES string of the molecule is IC1/C=C\C=C/CCC1. The zero-order valence-electron chi connectivity index (χ0n) is 5.39. The molecule has 1 aliphatic rings. The third-order valence-corrected chi connectivity index (χ3v) is 2.46. The van der Waals surface area contributed by atoms with E-state index in [1.807, 2.05) is 0 Å². The van der Waals surface area contributed by atoms with Crippen LogP contribution in [0, 0.1) is 0 Å². The predicted octanol–water partition coefficient (Wildman–Crippen LogP) is 3.09. The number of rotatable bonds is 0. The summed E-state index contributed by atoms with van der Waals surface area (Å²) in [4.78, 5) is 0. The van der Waals surface area contributed by atoms with Crippen LogP contribution in [0.3, 0.4) is 0 Å². The molecule has 0 amide bonds. The minimum Gasteiger partial charge on any atom is -0.0845 e. The first-order valence-corrected chi connectivity index (χ1v) is 4.61. The Morgan fingerprint density at radius 3 is 3.11 bits per heavy atom. The fourth-order valence-corrected chi connectivity index (χ4v) is 1.57. The number of alkyl halides is 1. The van der Waals surface area contributed by atoms with E-state index in [2.05, 4.69) is 46.9 Å². The molecule has 0 heterocycles. The van der Waals surface area contributed by atoms with Gasteiger partial charge in [-0.05, 0) is 19.3 Å². The standard InChI is InChI=1S/C8H11I/c9-8-6-4-2-1-3-5-7-8/h1-2,4,6,8H,3,5,7H2/b2-1-,6-4-. The number of halogens is 1. The van der Waals surface area contributed by atoms with Crippen molar-refractivity contribution in [3.05, 3.63) is 24.3 Å². The first kappa shape index (κ1) is 7.32. The Balaban J connectivity index is 2.44. The highest BCUT2D eigenvalue weighted by Crippen LogP contribution is 2.13. The van der Waals surface area contributed by atoms with Crippen LogP contribution >= 0.6 is 22.6 Å². The van der Waals surface area contributed by atoms with Crippen LogP contribution in [-0.4, -0.2) is 3.92 Å². The highest BCUT2D eigenvalue weighted by atomic mass is 127. The molecular weight excluding hydrogens is 223 g/mol. The average molecular weight is 234 g/mol. The van der Waals surface area contributed by atoms with E-state index in [0.29, 0.717) is 0 Å². The van der Waals surface area contributed by atoms with Gasteiger partial charge in [-0.3, -0.25) is 0 Å². The molecule has 1 atom stereocenters. The van der Waals surface area contributed by atoms with Crippen molar-refractivity contribution in [1.29, 1.82) is 0 Å². The van der Waals surface area contributed by atoms with Gasteiger partial charge < -0.3 is 0 Å². The molecule has 0 nitrogen and oxygen atoms in total. The molecule has 1 unspecified atom stereocenters. The van der Waals surface area contributed by atoms with Crippen molar-refractivity contribution in [2.45, 2.75) is 23.2 Å². The first-order chi connectivity index (χ1) is 4.39. The van der Waals surface area contributed by atoms with E-state index in [0.717, 1.165) is 3.92 Å². The Morgan fingerprint density at radius 1 is 1.33 bits per heavy atom. The van der Waals surface area contributed by atoms with E-state index in [-0.39, 0.29) is 0 Å². The predicted molar refractivity (Wildman–Crippen MR) is 49.9 cm³/mol. The van der Waals surface area contributed by atoms with Gasteiger partial charge in [0.05, 0.1) is 0 Å². The molecule has 0 radical (unpaired) electrons. The highest BCUT2D eigenvalue weighted by Gasteiger charge is 1.97. The average Bonchev–Trinajstić information content (AvgIpc) is 1.79. The van der Waals surface area contributed by atoms with Gasteiger partial charge in [0.15, 0.2) is 0 Å². The summed E-state index contributed by atoms with van der Waals surface area (Å²) >= 11 is 2.48. The van der Waals surface area contributed by atoms with Crippen LogP contribution < -0.4 is 0 Å². The summed E-state index contributed by atoms with van der Waals surface area (Å²) < 4.78 is 0.757. The van der Waals surface area contributed by atoms with Gasteiger partial charge in [0.1, 0.15) is 0 Å². The van der Waals surface area contributed by atoms with Gasteiger partial charge in [-0.1, -0.05) is 46.9 Å². The molecule has 0 saturated carbocycles. The van der Waals surface area contributed by atoms with E-state index >= 15 is 0 Å². The molecule has 0 fully saturated rings. The monoisotopic (exact) mass is 234 g/mol. The largest absolute Gasteiger partial charge is 0.0845 e. The van der Waals surface area contributed by atoms with E-state index in [1.54, 1.807) is 0 Å². The third-order valence-electron chi connectivity index (χ3n) is 1.42. The quantitative estimate of drug-likeness (QED) is 0.446. The molecule has 1 aliphatic carbocycles. The minimum atomic E-state index is 0.757. The maximum Gasteiger partial charge on any atom is 0.0292 e. The van der Waals surface area contributed by atoms with Crippen molar-refractivity contribution in [1.82, 2.24) is 0 Å². The van der Waals surface area contributed by atoms with Crippen LogP contribution in [0.15, 0.2) is 24.3 Å². The fraction of sp³-hybridized carbons (Fsp3) is 0.500. The molecule has 0 aromatic heterocycles. The molecule has 0 aromatic rings. The topological polar surface area (TPSA) is 0 Å². The van der Waals surface area contributed by atoms with Crippen LogP contribution in [0.4, 0.5) is 0 Å². The minimum absolute atomic E-state index is 0.757. The lowest BCUT2D eigenvalue weighted by Gasteiger charge is -2.03. The van der Waals surface area contributed by atoms with Crippen LogP contribution in [0.25, 0.3) is 0 Å². The lowest BCUT2D eigenvalue weighted by molar-refractivity contribution is 0.781. The maximum absolute atomic E-state index is 2.48. The van der Waals surface area contributed by atoms with Crippen LogP contribution in [0.2, 0.25) is 0 Å². The summed E-state index contributed by atoms with van der Waals surface area (Å²) in [6, 6.07) is 0. The molecular formula is C8H11I. The lowest BCUT2D eigenvalue weighted by Crippen LogP contribution is -1.92. The van der Waals surface area contributed by atoms with Crippen LogP contribution in [-0.2, 0) is 0 Å². The van der Waals surface area contributed by atoms with Crippen LogP contribution in [0.1, 0.15) is 19.3 Å². The van der Waals surface area contributed by atoms with Gasteiger partial charge in [-0.15, -0.1) is 0 Å². The first-order valence-electron chi connectivity index (χ1n) is 3.37. The summed E-state index contributed by atoms with van der Waals surface area (Å²) in [5.41, 5.74) is 0. The fourth-order valence-electron chi connectivity index (χ4n) is 0.886. The number of allylic oxidation sites excluding steroid dienone is 4. The van der Waals surface area contributed by atoms with Crippen molar-refractivity contribution in [3.8, 4) is 0 Å². The van der Waals surface area contributed by atoms with Gasteiger partial charge in [0, 0.05) is 3.92 Å². The summed E-state index contributed by atoms with van der Waals surface area (Å²) in [5.74, 6) is 0. The van der Waals surface area contributed by atoms with Gasteiger partial charge in [-0.2, -0.15) is 0 Å².